The molecule has 2 aromatic rings. The van der Waals surface area contributed by atoms with Crippen LogP contribution in [0.25, 0.3) is 11.1 Å². The van der Waals surface area contributed by atoms with Gasteiger partial charge in [-0.2, -0.15) is 5.26 Å². The Bertz CT molecular complexity index is 1080. The van der Waals surface area contributed by atoms with Crippen LogP contribution >= 0.6 is 0 Å². The standard InChI is InChI=1S/C28H49NO4Si5/c1-12-13-14-23-34(2,3)30-36(6,7)32-38(10,11)33-37(8,9)31-35(4,5)28-21-19-27(20-22-28)26-17-15-25(24-29)16-18-26/h15-22H,12-14,23H2,1-11H3. The van der Waals surface area contributed by atoms with Crippen molar-refractivity contribution in [1.82, 2.24) is 0 Å². The Hall–Kier alpha value is -1.15. The van der Waals surface area contributed by atoms with Gasteiger partial charge in [0.15, 0.2) is 8.32 Å². The summed E-state index contributed by atoms with van der Waals surface area (Å²) in [5.74, 6) is 0. The lowest BCUT2D eigenvalue weighted by atomic mass is 10.0. The topological polar surface area (TPSA) is 60.7 Å². The Kier molecular flexibility index (Phi) is 11.3. The van der Waals surface area contributed by atoms with Gasteiger partial charge in [-0.1, -0.05) is 62.6 Å². The number of benzene rings is 2. The lowest BCUT2D eigenvalue weighted by Gasteiger charge is -2.42. The zero-order chi connectivity index (χ0) is 28.8. The summed E-state index contributed by atoms with van der Waals surface area (Å²) in [6.45, 7) is 24.3. The SMILES string of the molecule is CCCCC[Si](C)(C)O[Si](C)(C)O[Si](C)(C)O[Si](C)(C)O[Si](C)(C)c1ccc(-c2ccc(C#N)cc2)cc1. The maximum absolute atomic E-state index is 9.05. The fraction of sp³-hybridized carbons (Fsp3) is 0.536. The molecule has 0 N–H and O–H groups in total. The van der Waals surface area contributed by atoms with Gasteiger partial charge in [-0.25, -0.2) is 0 Å². The second-order valence-corrected chi connectivity index (χ2v) is 31.9. The summed E-state index contributed by atoms with van der Waals surface area (Å²) in [4.78, 5) is 0. The zero-order valence-electron chi connectivity index (χ0n) is 25.5. The molecule has 0 aromatic heterocycles. The van der Waals surface area contributed by atoms with Gasteiger partial charge < -0.3 is 16.5 Å². The molecule has 0 radical (unpaired) electrons. The van der Waals surface area contributed by atoms with Crippen LogP contribution in [-0.2, 0) is 16.5 Å². The minimum atomic E-state index is -2.48. The molecule has 38 heavy (non-hydrogen) atoms. The highest BCUT2D eigenvalue weighted by molar-refractivity contribution is 6.94. The quantitative estimate of drug-likeness (QED) is 0.161. The third-order valence-electron chi connectivity index (χ3n) is 6.32. The molecule has 10 heteroatoms. The van der Waals surface area contributed by atoms with Crippen molar-refractivity contribution < 1.29 is 16.5 Å². The van der Waals surface area contributed by atoms with Gasteiger partial charge >= 0.3 is 25.7 Å². The summed E-state index contributed by atoms with van der Waals surface area (Å²) >= 11 is 0. The van der Waals surface area contributed by atoms with E-state index < -0.39 is 42.3 Å². The summed E-state index contributed by atoms with van der Waals surface area (Å²) in [5, 5.41) is 10.3. The van der Waals surface area contributed by atoms with Crippen LogP contribution in [-0.4, -0.2) is 42.3 Å². The first-order chi connectivity index (χ1) is 17.4. The van der Waals surface area contributed by atoms with Gasteiger partial charge in [-0.3, -0.25) is 0 Å². The second-order valence-electron chi connectivity index (χ2n) is 12.6. The normalized spacial score (nSPS) is 13.4. The van der Waals surface area contributed by atoms with E-state index in [0.29, 0.717) is 5.56 Å². The van der Waals surface area contributed by atoms with E-state index in [4.69, 9.17) is 21.7 Å². The average molecular weight is 604 g/mol. The molecule has 0 atom stereocenters. The van der Waals surface area contributed by atoms with Crippen LogP contribution in [0.5, 0.6) is 0 Å². The Morgan fingerprint density at radius 1 is 0.605 bits per heavy atom. The predicted molar refractivity (Wildman–Crippen MR) is 172 cm³/mol. The van der Waals surface area contributed by atoms with Crippen molar-refractivity contribution in [3.05, 3.63) is 54.1 Å². The van der Waals surface area contributed by atoms with Crippen LogP contribution < -0.4 is 5.19 Å². The molecule has 2 aromatic carbocycles. The van der Waals surface area contributed by atoms with Crippen LogP contribution in [0, 0.1) is 11.3 Å². The van der Waals surface area contributed by atoms with E-state index in [2.05, 4.69) is 103 Å². The van der Waals surface area contributed by atoms with Crippen LogP contribution in [0.3, 0.4) is 0 Å². The summed E-state index contributed by atoms with van der Waals surface area (Å²) < 4.78 is 27.1. The highest BCUT2D eigenvalue weighted by Gasteiger charge is 2.46. The van der Waals surface area contributed by atoms with Crippen molar-refractivity contribution in [2.24, 2.45) is 0 Å². The summed E-state index contributed by atoms with van der Waals surface area (Å²) in [5.41, 5.74) is 2.90. The Morgan fingerprint density at radius 2 is 1.05 bits per heavy atom. The van der Waals surface area contributed by atoms with Gasteiger partial charge in [0, 0.05) is 0 Å². The van der Waals surface area contributed by atoms with Crippen molar-refractivity contribution in [2.75, 3.05) is 0 Å². The van der Waals surface area contributed by atoms with Gasteiger partial charge in [0.25, 0.3) is 0 Å². The highest BCUT2D eigenvalue weighted by atomic mass is 28.5. The summed E-state index contributed by atoms with van der Waals surface area (Å²) in [7, 11) is -11.3. The predicted octanol–water partition coefficient (Wildman–Crippen LogP) is 8.20. The minimum absolute atomic E-state index is 0.672. The van der Waals surface area contributed by atoms with Crippen LogP contribution in [0.1, 0.15) is 31.7 Å². The van der Waals surface area contributed by atoms with Crippen molar-refractivity contribution in [3.63, 3.8) is 0 Å². The number of nitriles is 1. The molecule has 0 aliphatic rings. The molecule has 0 aliphatic carbocycles. The number of rotatable bonds is 14. The van der Waals surface area contributed by atoms with E-state index >= 15 is 0 Å². The van der Waals surface area contributed by atoms with E-state index in [1.165, 1.54) is 30.5 Å². The van der Waals surface area contributed by atoms with Crippen LogP contribution in [0.4, 0.5) is 0 Å². The fourth-order valence-electron chi connectivity index (χ4n) is 5.24. The van der Waals surface area contributed by atoms with Crippen LogP contribution in [0.2, 0.25) is 71.5 Å². The number of hydrogen-bond acceptors (Lipinski definition) is 5. The molecule has 210 valence electrons. The van der Waals surface area contributed by atoms with E-state index in [1.807, 2.05) is 24.3 Å². The number of hydrogen-bond donors (Lipinski definition) is 0. The second kappa shape index (κ2) is 13.0. The van der Waals surface area contributed by atoms with Crippen molar-refractivity contribution in [3.8, 4) is 17.2 Å². The molecular formula is C28H49NO4Si5. The number of unbranched alkanes of at least 4 members (excludes halogenated alkanes) is 2. The first-order valence-electron chi connectivity index (χ1n) is 13.8. The average Bonchev–Trinajstić information content (AvgIpc) is 2.76. The summed E-state index contributed by atoms with van der Waals surface area (Å²) in [6, 6.07) is 19.7. The maximum atomic E-state index is 9.05. The van der Waals surface area contributed by atoms with Gasteiger partial charge in [0.1, 0.15) is 0 Å². The molecule has 2 rings (SSSR count). The fourth-order valence-corrected chi connectivity index (χ4v) is 29.5. The van der Waals surface area contributed by atoms with Crippen LogP contribution in [0.15, 0.2) is 48.5 Å². The van der Waals surface area contributed by atoms with Gasteiger partial charge in [0.2, 0.25) is 8.32 Å². The molecule has 0 saturated carbocycles. The first-order valence-corrected chi connectivity index (χ1v) is 28.3. The van der Waals surface area contributed by atoms with Crippen molar-refractivity contribution in [2.45, 2.75) is 97.7 Å². The molecule has 0 fully saturated rings. The number of nitrogens with zero attached hydrogens (tertiary/aromatic N) is 1. The van der Waals surface area contributed by atoms with Gasteiger partial charge in [-0.15, -0.1) is 0 Å². The first kappa shape index (κ1) is 33.1. The summed E-state index contributed by atoms with van der Waals surface area (Å²) in [6.07, 6.45) is 3.73. The Morgan fingerprint density at radius 3 is 1.53 bits per heavy atom. The maximum Gasteiger partial charge on any atom is 0.314 e. The Labute approximate surface area is 237 Å². The minimum Gasteiger partial charge on any atom is -0.436 e. The van der Waals surface area contributed by atoms with Gasteiger partial charge in [0.05, 0.1) is 11.6 Å². The smallest absolute Gasteiger partial charge is 0.314 e. The van der Waals surface area contributed by atoms with Gasteiger partial charge in [-0.05, 0) is 100.0 Å². The molecule has 0 unspecified atom stereocenters. The van der Waals surface area contributed by atoms with Crippen molar-refractivity contribution >= 4 is 47.5 Å². The lowest BCUT2D eigenvalue weighted by molar-refractivity contribution is 0.299. The molecule has 0 bridgehead atoms. The van der Waals surface area contributed by atoms with E-state index in [1.54, 1.807) is 0 Å². The lowest BCUT2D eigenvalue weighted by Crippen LogP contribution is -2.60. The molecule has 0 spiro atoms. The largest absolute Gasteiger partial charge is 0.436 e. The molecule has 0 heterocycles. The highest BCUT2D eigenvalue weighted by Crippen LogP contribution is 2.28. The molecule has 0 saturated heterocycles. The third kappa shape index (κ3) is 10.8. The van der Waals surface area contributed by atoms with E-state index in [0.717, 1.165) is 11.1 Å². The van der Waals surface area contributed by atoms with Crippen molar-refractivity contribution in [1.29, 1.82) is 5.26 Å². The van der Waals surface area contributed by atoms with E-state index in [-0.39, 0.29) is 0 Å². The Balaban J connectivity index is 2.06. The monoisotopic (exact) mass is 603 g/mol. The molecular weight excluding hydrogens is 555 g/mol. The molecule has 5 nitrogen and oxygen atoms in total. The van der Waals surface area contributed by atoms with E-state index in [9.17, 15) is 0 Å². The third-order valence-corrected chi connectivity index (χ3v) is 25.6. The molecule has 0 amide bonds. The molecule has 0 aliphatic heterocycles. The zero-order valence-corrected chi connectivity index (χ0v) is 30.5.